The maximum Gasteiger partial charge on any atom is 0.416 e. The maximum atomic E-state index is 12.7. The Morgan fingerprint density at radius 3 is 2.44 bits per heavy atom. The van der Waals surface area contributed by atoms with Crippen molar-refractivity contribution < 1.29 is 27.0 Å². The van der Waals surface area contributed by atoms with Gasteiger partial charge in [0.1, 0.15) is 18.5 Å². The van der Waals surface area contributed by atoms with Crippen molar-refractivity contribution in [3.05, 3.63) is 48.3 Å². The molecule has 1 aromatic heterocycles. The van der Waals surface area contributed by atoms with Gasteiger partial charge in [0, 0.05) is 18.8 Å². The number of hydrogen-bond acceptors (Lipinski definition) is 5. The molecule has 1 saturated heterocycles. The summed E-state index contributed by atoms with van der Waals surface area (Å²) < 4.78 is 61.4. The summed E-state index contributed by atoms with van der Waals surface area (Å²) in [5.41, 5.74) is -0.724. The molecule has 2 aromatic rings. The molecule has 146 valence electrons. The number of alkyl halides is 4. The fraction of sp³-hybridized carbons (Fsp3) is 0.444. The van der Waals surface area contributed by atoms with Gasteiger partial charge in [-0.15, -0.1) is 0 Å². The molecule has 1 aliphatic heterocycles. The number of aromatic nitrogens is 2. The van der Waals surface area contributed by atoms with Crippen LogP contribution in [0, 0.1) is 0 Å². The van der Waals surface area contributed by atoms with E-state index in [0.29, 0.717) is 24.7 Å². The van der Waals surface area contributed by atoms with E-state index in [2.05, 4.69) is 9.97 Å². The molecule has 27 heavy (non-hydrogen) atoms. The van der Waals surface area contributed by atoms with Gasteiger partial charge in [0.25, 0.3) is 0 Å². The van der Waals surface area contributed by atoms with E-state index in [1.165, 1.54) is 12.1 Å². The second-order valence-electron chi connectivity index (χ2n) is 6.12. The van der Waals surface area contributed by atoms with Crippen molar-refractivity contribution in [2.75, 3.05) is 31.3 Å². The second kappa shape index (κ2) is 8.51. The van der Waals surface area contributed by atoms with Gasteiger partial charge in [-0.2, -0.15) is 13.2 Å². The Morgan fingerprint density at radius 1 is 1.11 bits per heavy atom. The van der Waals surface area contributed by atoms with Crippen LogP contribution in [0.2, 0.25) is 0 Å². The number of anilines is 1. The van der Waals surface area contributed by atoms with Crippen molar-refractivity contribution >= 4 is 5.95 Å². The summed E-state index contributed by atoms with van der Waals surface area (Å²) in [5, 5.41) is 0. The molecule has 0 amide bonds. The summed E-state index contributed by atoms with van der Waals surface area (Å²) in [4.78, 5) is 10.4. The lowest BCUT2D eigenvalue weighted by Gasteiger charge is -2.23. The molecule has 3 rings (SSSR count). The lowest BCUT2D eigenvalue weighted by Crippen LogP contribution is -2.35. The molecule has 1 aliphatic rings. The van der Waals surface area contributed by atoms with Crippen LogP contribution in [0.1, 0.15) is 12.0 Å². The van der Waals surface area contributed by atoms with Gasteiger partial charge in [-0.25, -0.2) is 14.4 Å². The van der Waals surface area contributed by atoms with Gasteiger partial charge < -0.3 is 14.4 Å². The minimum Gasteiger partial charge on any atom is -0.489 e. The first-order chi connectivity index (χ1) is 13.0. The number of nitrogens with zero attached hydrogens (tertiary/aromatic N) is 3. The van der Waals surface area contributed by atoms with Crippen LogP contribution < -0.4 is 9.64 Å². The summed E-state index contributed by atoms with van der Waals surface area (Å²) in [6.45, 7) is 0.175. The predicted octanol–water partition coefficient (Wildman–Crippen LogP) is 3.51. The van der Waals surface area contributed by atoms with Crippen LogP contribution in [0.3, 0.4) is 0 Å². The van der Waals surface area contributed by atoms with E-state index in [0.717, 1.165) is 12.1 Å². The molecule has 1 fully saturated rings. The SMILES string of the molecule is FCCOC[C@@H]1C[C@@H](Oc2ccc(C(F)(F)F)cc2)CN1c1ncccn1. The molecular formula is C18H19F4N3O2. The van der Waals surface area contributed by atoms with Crippen LogP contribution in [0.5, 0.6) is 5.75 Å². The van der Waals surface area contributed by atoms with Crippen LogP contribution >= 0.6 is 0 Å². The van der Waals surface area contributed by atoms with E-state index in [9.17, 15) is 17.6 Å². The first-order valence-electron chi connectivity index (χ1n) is 8.48. The molecular weight excluding hydrogens is 366 g/mol. The number of benzene rings is 1. The highest BCUT2D eigenvalue weighted by Gasteiger charge is 2.35. The third-order valence-electron chi connectivity index (χ3n) is 4.20. The Bertz CT molecular complexity index is 713. The minimum absolute atomic E-state index is 0.00438. The summed E-state index contributed by atoms with van der Waals surface area (Å²) in [6, 6.07) is 6.18. The highest BCUT2D eigenvalue weighted by atomic mass is 19.4. The standard InChI is InChI=1S/C18H19F4N3O2/c19-6-9-26-12-14-10-16(11-25(14)17-23-7-1-8-24-17)27-15-4-2-13(3-5-15)18(20,21)22/h1-5,7-8,14,16H,6,9-12H2/t14-,16+/m0/s1. The van der Waals surface area contributed by atoms with Crippen LogP contribution in [0.15, 0.2) is 42.7 Å². The van der Waals surface area contributed by atoms with Gasteiger partial charge in [-0.1, -0.05) is 0 Å². The van der Waals surface area contributed by atoms with Crippen molar-refractivity contribution in [2.24, 2.45) is 0 Å². The zero-order valence-electron chi connectivity index (χ0n) is 14.4. The zero-order chi connectivity index (χ0) is 19.3. The fourth-order valence-corrected chi connectivity index (χ4v) is 2.99. The summed E-state index contributed by atoms with van der Waals surface area (Å²) in [6.07, 6.45) is -0.861. The summed E-state index contributed by atoms with van der Waals surface area (Å²) >= 11 is 0. The van der Waals surface area contributed by atoms with Crippen LogP contribution in [-0.4, -0.2) is 48.5 Å². The van der Waals surface area contributed by atoms with Crippen LogP contribution in [0.4, 0.5) is 23.5 Å². The molecule has 5 nitrogen and oxygen atoms in total. The van der Waals surface area contributed by atoms with E-state index in [-0.39, 0.29) is 25.4 Å². The topological polar surface area (TPSA) is 47.5 Å². The van der Waals surface area contributed by atoms with E-state index < -0.39 is 18.4 Å². The number of hydrogen-bond donors (Lipinski definition) is 0. The van der Waals surface area contributed by atoms with E-state index in [1.54, 1.807) is 18.5 Å². The van der Waals surface area contributed by atoms with Gasteiger partial charge in [-0.3, -0.25) is 0 Å². The average molecular weight is 385 g/mol. The second-order valence-corrected chi connectivity index (χ2v) is 6.12. The molecule has 2 heterocycles. The highest BCUT2D eigenvalue weighted by Crippen LogP contribution is 2.31. The number of halogens is 4. The van der Waals surface area contributed by atoms with E-state index in [4.69, 9.17) is 9.47 Å². The smallest absolute Gasteiger partial charge is 0.416 e. The van der Waals surface area contributed by atoms with Gasteiger partial charge in [-0.05, 0) is 30.3 Å². The van der Waals surface area contributed by atoms with Crippen molar-refractivity contribution in [3.63, 3.8) is 0 Å². The molecule has 0 radical (unpaired) electrons. The van der Waals surface area contributed by atoms with Gasteiger partial charge in [0.05, 0.1) is 31.4 Å². The molecule has 0 saturated carbocycles. The minimum atomic E-state index is -4.38. The molecule has 1 aromatic carbocycles. The van der Waals surface area contributed by atoms with Crippen molar-refractivity contribution in [3.8, 4) is 5.75 Å². The maximum absolute atomic E-state index is 12.7. The third kappa shape index (κ3) is 5.06. The largest absolute Gasteiger partial charge is 0.489 e. The first-order valence-corrected chi connectivity index (χ1v) is 8.48. The quantitative estimate of drug-likeness (QED) is 0.539. The number of rotatable bonds is 7. The molecule has 0 unspecified atom stereocenters. The normalized spacial score (nSPS) is 20.1. The van der Waals surface area contributed by atoms with E-state index >= 15 is 0 Å². The lowest BCUT2D eigenvalue weighted by atomic mass is 10.2. The average Bonchev–Trinajstić information content (AvgIpc) is 3.05. The highest BCUT2D eigenvalue weighted by molar-refractivity contribution is 5.35. The molecule has 2 atom stereocenters. The fourth-order valence-electron chi connectivity index (χ4n) is 2.99. The van der Waals surface area contributed by atoms with Crippen LogP contribution in [0.25, 0.3) is 0 Å². The Hall–Kier alpha value is -2.42. The first kappa shape index (κ1) is 19.3. The Labute approximate surface area is 153 Å². The lowest BCUT2D eigenvalue weighted by molar-refractivity contribution is -0.137. The van der Waals surface area contributed by atoms with Gasteiger partial charge in [0.15, 0.2) is 0 Å². The van der Waals surface area contributed by atoms with Gasteiger partial charge in [0.2, 0.25) is 5.95 Å². The van der Waals surface area contributed by atoms with Crippen molar-refractivity contribution in [1.82, 2.24) is 9.97 Å². The Kier molecular flexibility index (Phi) is 6.10. The third-order valence-corrected chi connectivity index (χ3v) is 4.20. The van der Waals surface area contributed by atoms with E-state index in [1.807, 2.05) is 4.90 Å². The van der Waals surface area contributed by atoms with Crippen molar-refractivity contribution in [1.29, 1.82) is 0 Å². The molecule has 0 aliphatic carbocycles. The molecule has 9 heteroatoms. The molecule has 0 N–H and O–H groups in total. The zero-order valence-corrected chi connectivity index (χ0v) is 14.4. The molecule has 0 spiro atoms. The van der Waals surface area contributed by atoms with Crippen LogP contribution in [-0.2, 0) is 10.9 Å². The predicted molar refractivity (Wildman–Crippen MR) is 90.4 cm³/mol. The van der Waals surface area contributed by atoms with Crippen molar-refractivity contribution in [2.45, 2.75) is 24.7 Å². The molecule has 0 bridgehead atoms. The monoisotopic (exact) mass is 385 g/mol. The summed E-state index contributed by atoms with van der Waals surface area (Å²) in [7, 11) is 0. The Morgan fingerprint density at radius 2 is 1.81 bits per heavy atom. The number of ether oxygens (including phenoxy) is 2. The van der Waals surface area contributed by atoms with Gasteiger partial charge >= 0.3 is 6.18 Å². The summed E-state index contributed by atoms with van der Waals surface area (Å²) in [5.74, 6) is 0.858. The Balaban J connectivity index is 1.67.